The third-order valence-corrected chi connectivity index (χ3v) is 2.49. The number of nitrogens with zero attached hydrogens (tertiary/aromatic N) is 1. The van der Waals surface area contributed by atoms with Crippen LogP contribution in [0.1, 0.15) is 32.4 Å². The molecule has 1 aromatic rings. The van der Waals surface area contributed by atoms with E-state index in [1.54, 1.807) is 20.8 Å². The number of aliphatic carboxylic acids is 1. The van der Waals surface area contributed by atoms with Gasteiger partial charge < -0.3 is 9.84 Å². The fraction of sp³-hybridized carbons (Fsp3) is 0.429. The van der Waals surface area contributed by atoms with Crippen LogP contribution in [-0.4, -0.2) is 34.7 Å². The van der Waals surface area contributed by atoms with Crippen molar-refractivity contribution < 1.29 is 23.8 Å². The highest BCUT2D eigenvalue weighted by Crippen LogP contribution is 2.22. The van der Waals surface area contributed by atoms with Gasteiger partial charge in [0, 0.05) is 7.05 Å². The molecule has 0 unspecified atom stereocenters. The predicted octanol–water partition coefficient (Wildman–Crippen LogP) is 2.82. The van der Waals surface area contributed by atoms with Gasteiger partial charge in [0.2, 0.25) is 0 Å². The molecule has 0 saturated heterocycles. The maximum absolute atomic E-state index is 12.9. The minimum Gasteiger partial charge on any atom is -0.479 e. The topological polar surface area (TPSA) is 66.8 Å². The van der Waals surface area contributed by atoms with Crippen LogP contribution in [0.25, 0.3) is 0 Å². The molecule has 0 bridgehead atoms. The summed E-state index contributed by atoms with van der Waals surface area (Å²) in [4.78, 5) is 24.2. The van der Waals surface area contributed by atoms with Gasteiger partial charge in [-0.1, -0.05) is 12.1 Å². The van der Waals surface area contributed by atoms with Gasteiger partial charge in [0.15, 0.2) is 6.04 Å². The first kappa shape index (κ1) is 15.9. The lowest BCUT2D eigenvalue weighted by Crippen LogP contribution is -2.39. The third-order valence-electron chi connectivity index (χ3n) is 2.49. The van der Waals surface area contributed by atoms with E-state index in [1.807, 2.05) is 0 Å². The molecule has 0 heterocycles. The Kier molecular flexibility index (Phi) is 4.70. The standard InChI is InChI=1S/C14H18FNO4/c1-14(2,3)20-13(19)16(4)11(12(17)18)9-5-7-10(15)8-6-9/h5-8,11H,1-4H3,(H,17,18)/t11-/m0/s1. The van der Waals surface area contributed by atoms with Gasteiger partial charge in [-0.25, -0.2) is 14.0 Å². The largest absolute Gasteiger partial charge is 0.479 e. The fourth-order valence-electron chi connectivity index (χ4n) is 1.62. The van der Waals surface area contributed by atoms with Crippen molar-refractivity contribution in [3.8, 4) is 0 Å². The van der Waals surface area contributed by atoms with Gasteiger partial charge in [-0.3, -0.25) is 4.90 Å². The van der Waals surface area contributed by atoms with Gasteiger partial charge in [0.25, 0.3) is 0 Å². The summed E-state index contributed by atoms with van der Waals surface area (Å²) < 4.78 is 18.0. The zero-order chi connectivity index (χ0) is 15.5. The lowest BCUT2D eigenvalue weighted by molar-refractivity contribution is -0.142. The number of benzene rings is 1. The Morgan fingerprint density at radius 2 is 1.75 bits per heavy atom. The molecule has 1 amide bonds. The second-order valence-electron chi connectivity index (χ2n) is 5.38. The summed E-state index contributed by atoms with van der Waals surface area (Å²) in [5.74, 6) is -1.69. The number of carbonyl (C=O) groups excluding carboxylic acids is 1. The van der Waals surface area contributed by atoms with Crippen LogP contribution < -0.4 is 0 Å². The lowest BCUT2D eigenvalue weighted by Gasteiger charge is -2.28. The minimum absolute atomic E-state index is 0.298. The summed E-state index contributed by atoms with van der Waals surface area (Å²) in [7, 11) is 1.33. The summed E-state index contributed by atoms with van der Waals surface area (Å²) in [6.45, 7) is 5.06. The average molecular weight is 283 g/mol. The van der Waals surface area contributed by atoms with Crippen molar-refractivity contribution in [3.05, 3.63) is 35.6 Å². The van der Waals surface area contributed by atoms with Crippen LogP contribution in [0.2, 0.25) is 0 Å². The number of halogens is 1. The van der Waals surface area contributed by atoms with Crippen LogP contribution in [0.15, 0.2) is 24.3 Å². The van der Waals surface area contributed by atoms with Gasteiger partial charge in [0.1, 0.15) is 11.4 Å². The Morgan fingerprint density at radius 3 is 2.15 bits per heavy atom. The smallest absolute Gasteiger partial charge is 0.411 e. The Bertz CT molecular complexity index is 493. The first-order valence-corrected chi connectivity index (χ1v) is 6.06. The molecule has 1 aromatic carbocycles. The van der Waals surface area contributed by atoms with E-state index in [0.29, 0.717) is 5.56 Å². The molecule has 5 nitrogen and oxygen atoms in total. The number of amides is 1. The maximum atomic E-state index is 12.9. The lowest BCUT2D eigenvalue weighted by atomic mass is 10.1. The second kappa shape index (κ2) is 5.90. The zero-order valence-corrected chi connectivity index (χ0v) is 11.9. The number of hydrogen-bond acceptors (Lipinski definition) is 3. The highest BCUT2D eigenvalue weighted by molar-refractivity contribution is 5.81. The SMILES string of the molecule is CN(C(=O)OC(C)(C)C)[C@H](C(=O)O)c1ccc(F)cc1. The highest BCUT2D eigenvalue weighted by Gasteiger charge is 2.31. The second-order valence-corrected chi connectivity index (χ2v) is 5.38. The quantitative estimate of drug-likeness (QED) is 0.926. The van der Waals surface area contributed by atoms with Crippen molar-refractivity contribution in [1.82, 2.24) is 4.90 Å². The molecular weight excluding hydrogens is 265 g/mol. The fourth-order valence-corrected chi connectivity index (χ4v) is 1.62. The Hall–Kier alpha value is -2.11. The van der Waals surface area contributed by atoms with Crippen LogP contribution in [-0.2, 0) is 9.53 Å². The van der Waals surface area contributed by atoms with E-state index in [0.717, 1.165) is 17.0 Å². The monoisotopic (exact) mass is 283 g/mol. The molecule has 110 valence electrons. The molecule has 0 saturated carbocycles. The van der Waals surface area contributed by atoms with Crippen molar-refractivity contribution in [2.24, 2.45) is 0 Å². The molecule has 1 rings (SSSR count). The number of carbonyl (C=O) groups is 2. The van der Waals surface area contributed by atoms with E-state index in [1.165, 1.54) is 19.2 Å². The van der Waals surface area contributed by atoms with E-state index in [-0.39, 0.29) is 0 Å². The number of likely N-dealkylation sites (N-methyl/N-ethyl adjacent to an activating group) is 1. The van der Waals surface area contributed by atoms with Crippen molar-refractivity contribution >= 4 is 12.1 Å². The molecular formula is C14H18FNO4. The Balaban J connectivity index is 2.99. The number of hydrogen-bond donors (Lipinski definition) is 1. The molecule has 1 atom stereocenters. The van der Waals surface area contributed by atoms with Crippen molar-refractivity contribution in [2.75, 3.05) is 7.05 Å². The van der Waals surface area contributed by atoms with Crippen LogP contribution in [0.4, 0.5) is 9.18 Å². The number of ether oxygens (including phenoxy) is 1. The summed E-state index contributed by atoms with van der Waals surface area (Å²) in [5.41, 5.74) is -0.427. The van der Waals surface area contributed by atoms with Crippen molar-refractivity contribution in [2.45, 2.75) is 32.4 Å². The van der Waals surface area contributed by atoms with E-state index in [4.69, 9.17) is 4.74 Å². The summed E-state index contributed by atoms with van der Waals surface area (Å²) in [5, 5.41) is 9.27. The molecule has 0 aliphatic carbocycles. The number of carboxylic acid groups (broad SMARTS) is 1. The van der Waals surface area contributed by atoms with E-state index in [2.05, 4.69) is 0 Å². The van der Waals surface area contributed by atoms with Crippen LogP contribution >= 0.6 is 0 Å². The normalized spacial score (nSPS) is 12.7. The first-order valence-electron chi connectivity index (χ1n) is 6.06. The van der Waals surface area contributed by atoms with E-state index in [9.17, 15) is 19.1 Å². The zero-order valence-electron chi connectivity index (χ0n) is 11.9. The molecule has 0 spiro atoms. The summed E-state index contributed by atoms with van der Waals surface area (Å²) in [6.07, 6.45) is -0.755. The van der Waals surface area contributed by atoms with Crippen molar-refractivity contribution in [1.29, 1.82) is 0 Å². The van der Waals surface area contributed by atoms with Gasteiger partial charge in [-0.2, -0.15) is 0 Å². The first-order chi connectivity index (χ1) is 9.11. The predicted molar refractivity (Wildman–Crippen MR) is 70.8 cm³/mol. The molecule has 20 heavy (non-hydrogen) atoms. The van der Waals surface area contributed by atoms with Crippen LogP contribution in [0, 0.1) is 5.82 Å². The van der Waals surface area contributed by atoms with Crippen molar-refractivity contribution in [3.63, 3.8) is 0 Å². The summed E-state index contributed by atoms with van der Waals surface area (Å²) in [6, 6.07) is 3.72. The Morgan fingerprint density at radius 1 is 1.25 bits per heavy atom. The molecule has 0 aliphatic rings. The minimum atomic E-state index is -1.23. The highest BCUT2D eigenvalue weighted by atomic mass is 19.1. The molecule has 0 aromatic heterocycles. The van der Waals surface area contributed by atoms with Gasteiger partial charge in [0.05, 0.1) is 0 Å². The molecule has 0 fully saturated rings. The van der Waals surface area contributed by atoms with Gasteiger partial charge >= 0.3 is 12.1 Å². The average Bonchev–Trinajstić information content (AvgIpc) is 2.29. The number of rotatable bonds is 3. The molecule has 1 N–H and O–H groups in total. The number of carboxylic acids is 1. The maximum Gasteiger partial charge on any atom is 0.411 e. The van der Waals surface area contributed by atoms with Gasteiger partial charge in [-0.15, -0.1) is 0 Å². The van der Waals surface area contributed by atoms with Crippen LogP contribution in [0.5, 0.6) is 0 Å². The third kappa shape index (κ3) is 4.22. The molecule has 0 aliphatic heterocycles. The van der Waals surface area contributed by atoms with Crippen LogP contribution in [0.3, 0.4) is 0 Å². The molecule has 6 heteroatoms. The molecule has 0 radical (unpaired) electrons. The summed E-state index contributed by atoms with van der Waals surface area (Å²) >= 11 is 0. The van der Waals surface area contributed by atoms with E-state index < -0.39 is 29.5 Å². The Labute approximate surface area is 117 Å². The van der Waals surface area contributed by atoms with Gasteiger partial charge in [-0.05, 0) is 38.5 Å². The van der Waals surface area contributed by atoms with E-state index >= 15 is 0 Å².